The molecule has 0 aliphatic rings. The number of hydrogen-bond donors (Lipinski definition) is 5. The lowest BCUT2D eigenvalue weighted by molar-refractivity contribution is -0.140. The number of nitrogens with two attached hydrogens (primary N) is 2. The molecule has 0 heterocycles. The summed E-state index contributed by atoms with van der Waals surface area (Å²) in [7, 11) is -3.76. The van der Waals surface area contributed by atoms with Crippen LogP contribution in [0.15, 0.2) is 29.2 Å². The molecule has 0 radical (unpaired) electrons. The van der Waals surface area contributed by atoms with Crippen LogP contribution in [0.1, 0.15) is 12.0 Å². The Bertz CT molecular complexity index is 703. The Labute approximate surface area is 138 Å². The molecule has 23 heavy (non-hydrogen) atoms. The van der Waals surface area contributed by atoms with Gasteiger partial charge in [-0.15, -0.1) is 0 Å². The predicted octanol–water partition coefficient (Wildman–Crippen LogP) is -1.37. The zero-order valence-electron chi connectivity index (χ0n) is 11.9. The van der Waals surface area contributed by atoms with Crippen molar-refractivity contribution in [1.29, 1.82) is 0 Å². The molecule has 0 aliphatic carbocycles. The maximum Gasteiger partial charge on any atom is 0.326 e. The maximum atomic E-state index is 11.1. The number of carbonyl (C=O) groups is 2. The van der Waals surface area contributed by atoms with Crippen LogP contribution in [-0.4, -0.2) is 36.6 Å². The summed E-state index contributed by atoms with van der Waals surface area (Å²) < 4.78 is 22.2. The second kappa shape index (κ2) is 7.85. The topological polar surface area (TPSA) is 165 Å². The number of carboxylic acid groups (broad SMARTS) is 1. The molecule has 0 spiro atoms. The van der Waals surface area contributed by atoms with Gasteiger partial charge >= 0.3 is 5.97 Å². The Morgan fingerprint density at radius 2 is 1.83 bits per heavy atom. The van der Waals surface area contributed by atoms with Crippen LogP contribution in [0, 0.1) is 0 Å². The lowest BCUT2D eigenvalue weighted by atomic mass is 10.2. The van der Waals surface area contributed by atoms with Crippen LogP contribution in [0.2, 0.25) is 0 Å². The van der Waals surface area contributed by atoms with Crippen LogP contribution in [0.3, 0.4) is 0 Å². The van der Waals surface area contributed by atoms with E-state index in [0.29, 0.717) is 5.56 Å². The van der Waals surface area contributed by atoms with Gasteiger partial charge in [-0.3, -0.25) is 4.79 Å². The highest BCUT2D eigenvalue weighted by Gasteiger charge is 2.20. The average molecular weight is 360 g/mol. The normalized spacial score (nSPS) is 12.2. The summed E-state index contributed by atoms with van der Waals surface area (Å²) in [6.07, 6.45) is -0.403. The van der Waals surface area contributed by atoms with Crippen LogP contribution in [0.5, 0.6) is 0 Å². The first-order chi connectivity index (χ1) is 10.6. The smallest absolute Gasteiger partial charge is 0.326 e. The molecule has 11 heteroatoms. The highest BCUT2D eigenvalue weighted by atomic mass is 32.2. The fourth-order valence-corrected chi connectivity index (χ4v) is 2.32. The zero-order chi connectivity index (χ0) is 17.6. The number of benzene rings is 1. The van der Waals surface area contributed by atoms with E-state index in [-0.39, 0.29) is 16.6 Å². The number of thiocarbonyl (C=S) groups is 1. The molecule has 0 saturated carbocycles. The van der Waals surface area contributed by atoms with Crippen molar-refractivity contribution in [2.75, 3.05) is 0 Å². The van der Waals surface area contributed by atoms with Gasteiger partial charge in [-0.2, -0.15) is 0 Å². The molecule has 1 rings (SSSR count). The monoisotopic (exact) mass is 360 g/mol. The Balaban J connectivity index is 2.58. The number of nitrogens with one attached hydrogen (secondary N) is 2. The first kappa shape index (κ1) is 18.8. The van der Waals surface area contributed by atoms with E-state index in [1.165, 1.54) is 24.3 Å². The van der Waals surface area contributed by atoms with Gasteiger partial charge in [0.1, 0.15) is 6.04 Å². The number of amides is 1. The van der Waals surface area contributed by atoms with Crippen molar-refractivity contribution in [3.05, 3.63) is 29.8 Å². The van der Waals surface area contributed by atoms with Crippen molar-refractivity contribution in [2.45, 2.75) is 23.9 Å². The minimum absolute atomic E-state index is 0.0191. The summed E-state index contributed by atoms with van der Waals surface area (Å²) in [5, 5.41) is 19.1. The van der Waals surface area contributed by atoms with E-state index in [0.717, 1.165) is 0 Å². The molecule has 0 aromatic heterocycles. The number of hydrogen-bond acceptors (Lipinski definition) is 5. The fraction of sp³-hybridized carbons (Fsp3) is 0.250. The Morgan fingerprint density at radius 3 is 2.26 bits per heavy atom. The number of carbonyl (C=O) groups excluding carboxylic acids is 1. The number of primary sulfonamides is 1. The molecule has 1 atom stereocenters. The van der Waals surface area contributed by atoms with Gasteiger partial charge in [-0.05, 0) is 29.9 Å². The van der Waals surface area contributed by atoms with Crippen LogP contribution >= 0.6 is 12.2 Å². The van der Waals surface area contributed by atoms with Crippen LogP contribution in [-0.2, 0) is 26.2 Å². The summed E-state index contributed by atoms with van der Waals surface area (Å²) in [6, 6.07) is 4.53. The Kier molecular flexibility index (Phi) is 6.42. The van der Waals surface area contributed by atoms with Gasteiger partial charge in [0.15, 0.2) is 5.11 Å². The minimum atomic E-state index is -3.76. The van der Waals surface area contributed by atoms with Crippen molar-refractivity contribution in [2.24, 2.45) is 10.9 Å². The highest BCUT2D eigenvalue weighted by molar-refractivity contribution is 7.89. The van der Waals surface area contributed by atoms with Crippen molar-refractivity contribution >= 4 is 39.2 Å². The Hall–Kier alpha value is -2.24. The lowest BCUT2D eigenvalue weighted by Gasteiger charge is -2.16. The number of carboxylic acids is 1. The first-order valence-corrected chi connectivity index (χ1v) is 8.22. The van der Waals surface area contributed by atoms with Gasteiger partial charge in [0.25, 0.3) is 0 Å². The standard InChI is InChI=1S/C12H16N4O5S2/c13-10(17)5-9(11(18)19)16-12(22)15-6-7-1-3-8(4-2-7)23(14,20)21/h1-4,9H,5-6H2,(H2,13,17)(H,18,19)(H2,14,20,21)(H2,15,16,22). The van der Waals surface area contributed by atoms with E-state index in [1.807, 2.05) is 0 Å². The van der Waals surface area contributed by atoms with Gasteiger partial charge in [0.05, 0.1) is 11.3 Å². The summed E-state index contributed by atoms with van der Waals surface area (Å²) >= 11 is 4.93. The van der Waals surface area contributed by atoms with E-state index in [2.05, 4.69) is 10.6 Å². The van der Waals surface area contributed by atoms with Gasteiger partial charge in [-0.25, -0.2) is 18.4 Å². The van der Waals surface area contributed by atoms with E-state index < -0.39 is 34.4 Å². The number of aliphatic carboxylic acids is 1. The van der Waals surface area contributed by atoms with E-state index in [1.54, 1.807) is 0 Å². The molecule has 1 amide bonds. The third kappa shape index (κ3) is 6.59. The summed E-state index contributed by atoms with van der Waals surface area (Å²) in [5.41, 5.74) is 5.65. The van der Waals surface area contributed by atoms with Gasteiger partial charge in [0.2, 0.25) is 15.9 Å². The summed E-state index contributed by atoms with van der Waals surface area (Å²) in [5.74, 6) is -2.03. The van der Waals surface area contributed by atoms with Gasteiger partial charge in [-0.1, -0.05) is 12.1 Å². The molecule has 9 nitrogen and oxygen atoms in total. The van der Waals surface area contributed by atoms with Crippen molar-refractivity contribution in [3.63, 3.8) is 0 Å². The second-order valence-corrected chi connectivity index (χ2v) is 6.55. The summed E-state index contributed by atoms with van der Waals surface area (Å²) in [4.78, 5) is 21.7. The van der Waals surface area contributed by atoms with E-state index in [9.17, 15) is 18.0 Å². The first-order valence-electron chi connectivity index (χ1n) is 6.27. The molecule has 7 N–H and O–H groups in total. The molecule has 126 valence electrons. The second-order valence-electron chi connectivity index (χ2n) is 4.58. The molecule has 1 unspecified atom stereocenters. The fourth-order valence-electron chi connectivity index (χ4n) is 1.59. The van der Waals surface area contributed by atoms with Gasteiger partial charge in [0, 0.05) is 6.54 Å². The molecule has 1 aromatic carbocycles. The number of rotatable bonds is 7. The van der Waals surface area contributed by atoms with E-state index in [4.69, 9.17) is 28.2 Å². The molecule has 0 bridgehead atoms. The SMILES string of the molecule is NC(=O)CC(NC(=S)NCc1ccc(S(N)(=O)=O)cc1)C(=O)O. The Morgan fingerprint density at radius 1 is 1.26 bits per heavy atom. The molecule has 0 fully saturated rings. The highest BCUT2D eigenvalue weighted by Crippen LogP contribution is 2.08. The maximum absolute atomic E-state index is 11.1. The van der Waals surface area contributed by atoms with Crippen LogP contribution < -0.4 is 21.5 Å². The van der Waals surface area contributed by atoms with E-state index >= 15 is 0 Å². The third-order valence-electron chi connectivity index (χ3n) is 2.71. The van der Waals surface area contributed by atoms with Crippen molar-refractivity contribution in [1.82, 2.24) is 10.6 Å². The molecular weight excluding hydrogens is 344 g/mol. The summed E-state index contributed by atoms with van der Waals surface area (Å²) in [6.45, 7) is 0.222. The van der Waals surface area contributed by atoms with Crippen LogP contribution in [0.25, 0.3) is 0 Å². The third-order valence-corrected chi connectivity index (χ3v) is 3.91. The predicted molar refractivity (Wildman–Crippen MR) is 85.6 cm³/mol. The average Bonchev–Trinajstić information content (AvgIpc) is 2.43. The zero-order valence-corrected chi connectivity index (χ0v) is 13.5. The largest absolute Gasteiger partial charge is 0.480 e. The van der Waals surface area contributed by atoms with Crippen molar-refractivity contribution < 1.29 is 23.1 Å². The lowest BCUT2D eigenvalue weighted by Crippen LogP contribution is -2.47. The molecule has 0 saturated heterocycles. The number of sulfonamides is 1. The molecule has 1 aromatic rings. The molecule has 0 aliphatic heterocycles. The van der Waals surface area contributed by atoms with Crippen LogP contribution in [0.4, 0.5) is 0 Å². The molecular formula is C12H16N4O5S2. The van der Waals surface area contributed by atoms with Gasteiger partial charge < -0.3 is 21.5 Å². The minimum Gasteiger partial charge on any atom is -0.480 e. The quantitative estimate of drug-likeness (QED) is 0.371. The number of primary amides is 1. The van der Waals surface area contributed by atoms with Crippen molar-refractivity contribution in [3.8, 4) is 0 Å².